The maximum Gasteiger partial charge on any atom is 0.242 e. The maximum absolute atomic E-state index is 12.3. The van der Waals surface area contributed by atoms with Gasteiger partial charge in [-0.1, -0.05) is 0 Å². The largest absolute Gasteiger partial charge is 0.490 e. The Labute approximate surface area is 193 Å². The Hall–Kier alpha value is -2.48. The molecule has 0 saturated carbocycles. The predicted octanol–water partition coefficient (Wildman–Crippen LogP) is 3.24. The van der Waals surface area contributed by atoms with Gasteiger partial charge >= 0.3 is 0 Å². The van der Waals surface area contributed by atoms with Gasteiger partial charge in [0.25, 0.3) is 0 Å². The molecule has 1 amide bonds. The highest BCUT2D eigenvalue weighted by molar-refractivity contribution is 5.95. The molecule has 180 valence electrons. The Morgan fingerprint density at radius 3 is 2.38 bits per heavy atom. The van der Waals surface area contributed by atoms with Crippen LogP contribution in [0, 0.1) is 0 Å². The molecule has 1 aliphatic rings. The van der Waals surface area contributed by atoms with Crippen LogP contribution in [-0.4, -0.2) is 67.2 Å². The quantitative estimate of drug-likeness (QED) is 0.419. The van der Waals surface area contributed by atoms with E-state index < -0.39 is 0 Å². The average molecular weight is 448 g/mol. The molecule has 0 radical (unpaired) electrons. The van der Waals surface area contributed by atoms with Crippen LogP contribution in [-0.2, 0) is 4.79 Å². The van der Waals surface area contributed by atoms with Crippen LogP contribution in [0.25, 0.3) is 0 Å². The van der Waals surface area contributed by atoms with Crippen LogP contribution in [0.15, 0.2) is 23.2 Å². The molecular formula is C24H41N5O3. The van der Waals surface area contributed by atoms with Crippen LogP contribution in [0.1, 0.15) is 54.9 Å². The highest BCUT2D eigenvalue weighted by Gasteiger charge is 2.16. The van der Waals surface area contributed by atoms with Crippen LogP contribution in [0.2, 0.25) is 0 Å². The van der Waals surface area contributed by atoms with Crippen molar-refractivity contribution in [2.45, 2.75) is 72.5 Å². The number of amides is 1. The minimum Gasteiger partial charge on any atom is -0.490 e. The van der Waals surface area contributed by atoms with E-state index in [1.54, 1.807) is 0 Å². The zero-order valence-electron chi connectivity index (χ0n) is 20.7. The van der Waals surface area contributed by atoms with Gasteiger partial charge in [0.2, 0.25) is 5.91 Å². The van der Waals surface area contributed by atoms with Crippen molar-refractivity contribution >= 4 is 17.6 Å². The summed E-state index contributed by atoms with van der Waals surface area (Å²) in [4.78, 5) is 19.2. The van der Waals surface area contributed by atoms with E-state index in [0.29, 0.717) is 43.6 Å². The number of benzene rings is 1. The number of aliphatic imine (C=N–C) groups is 1. The Morgan fingerprint density at radius 1 is 1.09 bits per heavy atom. The zero-order valence-corrected chi connectivity index (χ0v) is 20.7. The standard InChI is InChI=1S/C24H41N5O3/c1-17(2)29(18(3)4)12-11-25-23(26-16-22(30)28-24(5,6)7)27-19-9-10-20-21(15-19)32-14-8-13-31-20/h9-10,15,17-18H,8,11-14,16H2,1-7H3,(H,28,30)(H2,25,26,27). The van der Waals surface area contributed by atoms with Gasteiger partial charge in [-0.3, -0.25) is 9.69 Å². The van der Waals surface area contributed by atoms with Crippen LogP contribution >= 0.6 is 0 Å². The summed E-state index contributed by atoms with van der Waals surface area (Å²) in [5, 5.41) is 9.61. The molecule has 1 aromatic carbocycles. The van der Waals surface area contributed by atoms with E-state index in [9.17, 15) is 4.79 Å². The Kier molecular flexibility index (Phi) is 9.62. The van der Waals surface area contributed by atoms with Crippen LogP contribution < -0.4 is 25.4 Å². The Bertz CT molecular complexity index is 763. The van der Waals surface area contributed by atoms with Gasteiger partial charge in [-0.15, -0.1) is 0 Å². The van der Waals surface area contributed by atoms with E-state index in [0.717, 1.165) is 24.4 Å². The number of anilines is 1. The van der Waals surface area contributed by atoms with Crippen molar-refractivity contribution in [3.63, 3.8) is 0 Å². The lowest BCUT2D eigenvalue weighted by atomic mass is 10.1. The second kappa shape index (κ2) is 11.9. The highest BCUT2D eigenvalue weighted by atomic mass is 16.5. The molecule has 0 aliphatic carbocycles. The molecule has 0 saturated heterocycles. The molecule has 0 atom stereocenters. The van der Waals surface area contributed by atoms with Gasteiger partial charge in [-0.25, -0.2) is 4.99 Å². The van der Waals surface area contributed by atoms with Crippen LogP contribution in [0.5, 0.6) is 11.5 Å². The predicted molar refractivity (Wildman–Crippen MR) is 131 cm³/mol. The van der Waals surface area contributed by atoms with E-state index in [1.165, 1.54) is 0 Å². The van der Waals surface area contributed by atoms with Gasteiger partial charge in [-0.2, -0.15) is 0 Å². The summed E-state index contributed by atoms with van der Waals surface area (Å²) in [6.07, 6.45) is 0.858. The van der Waals surface area contributed by atoms with Crippen molar-refractivity contribution < 1.29 is 14.3 Å². The zero-order chi connectivity index (χ0) is 23.7. The summed E-state index contributed by atoms with van der Waals surface area (Å²) in [6, 6.07) is 6.62. The number of rotatable bonds is 8. The van der Waals surface area contributed by atoms with Crippen molar-refractivity contribution in [3.8, 4) is 11.5 Å². The third-order valence-electron chi connectivity index (χ3n) is 4.89. The number of carbonyl (C=O) groups is 1. The van der Waals surface area contributed by atoms with Crippen LogP contribution in [0.4, 0.5) is 5.69 Å². The molecule has 8 nitrogen and oxygen atoms in total. The topological polar surface area (TPSA) is 87.2 Å². The number of hydrogen-bond acceptors (Lipinski definition) is 5. The average Bonchev–Trinajstić information content (AvgIpc) is 2.92. The summed E-state index contributed by atoms with van der Waals surface area (Å²) in [7, 11) is 0. The number of ether oxygens (including phenoxy) is 2. The summed E-state index contributed by atoms with van der Waals surface area (Å²) in [5.74, 6) is 1.89. The van der Waals surface area contributed by atoms with Gasteiger partial charge in [0.1, 0.15) is 6.54 Å². The Balaban J connectivity index is 2.10. The Morgan fingerprint density at radius 2 is 1.75 bits per heavy atom. The van der Waals surface area contributed by atoms with Crippen LogP contribution in [0.3, 0.4) is 0 Å². The molecule has 0 bridgehead atoms. The minimum absolute atomic E-state index is 0.0369. The number of guanidine groups is 1. The van der Waals surface area contributed by atoms with Gasteiger partial charge in [0, 0.05) is 48.9 Å². The maximum atomic E-state index is 12.3. The first-order chi connectivity index (χ1) is 15.0. The van der Waals surface area contributed by atoms with Gasteiger partial charge in [0.05, 0.1) is 13.2 Å². The number of nitrogens with one attached hydrogen (secondary N) is 3. The lowest BCUT2D eigenvalue weighted by Crippen LogP contribution is -2.44. The first-order valence-corrected chi connectivity index (χ1v) is 11.6. The lowest BCUT2D eigenvalue weighted by molar-refractivity contribution is -0.121. The fourth-order valence-corrected chi connectivity index (χ4v) is 3.54. The van der Waals surface area contributed by atoms with Crippen molar-refractivity contribution in [1.29, 1.82) is 0 Å². The van der Waals surface area contributed by atoms with E-state index >= 15 is 0 Å². The second-order valence-electron chi connectivity index (χ2n) is 9.65. The van der Waals surface area contributed by atoms with Crippen molar-refractivity contribution in [2.75, 3.05) is 38.2 Å². The SMILES string of the molecule is CC(C)N(CCNC(=NCC(=O)NC(C)(C)C)Nc1ccc2c(c1)OCCCO2)C(C)C. The minimum atomic E-state index is -0.295. The normalized spacial score (nSPS) is 14.5. The molecular weight excluding hydrogens is 406 g/mol. The van der Waals surface area contributed by atoms with E-state index in [2.05, 4.69) is 53.5 Å². The first kappa shape index (κ1) is 25.8. The molecule has 0 aromatic heterocycles. The molecule has 1 heterocycles. The summed E-state index contributed by atoms with van der Waals surface area (Å²) < 4.78 is 11.5. The third kappa shape index (κ3) is 8.94. The first-order valence-electron chi connectivity index (χ1n) is 11.6. The van der Waals surface area contributed by atoms with Crippen molar-refractivity contribution in [1.82, 2.24) is 15.5 Å². The highest BCUT2D eigenvalue weighted by Crippen LogP contribution is 2.32. The second-order valence-corrected chi connectivity index (χ2v) is 9.65. The molecule has 0 fully saturated rings. The molecule has 1 aromatic rings. The molecule has 3 N–H and O–H groups in total. The van der Waals surface area contributed by atoms with E-state index in [4.69, 9.17) is 9.47 Å². The summed E-state index contributed by atoms with van der Waals surface area (Å²) >= 11 is 0. The van der Waals surface area contributed by atoms with Gasteiger partial charge < -0.3 is 25.4 Å². The molecule has 8 heteroatoms. The molecule has 32 heavy (non-hydrogen) atoms. The van der Waals surface area contributed by atoms with E-state index in [-0.39, 0.29) is 18.0 Å². The summed E-state index contributed by atoms with van der Waals surface area (Å²) in [5.41, 5.74) is 0.526. The third-order valence-corrected chi connectivity index (χ3v) is 4.89. The molecule has 1 aliphatic heterocycles. The number of nitrogens with zero attached hydrogens (tertiary/aromatic N) is 2. The smallest absolute Gasteiger partial charge is 0.242 e. The lowest BCUT2D eigenvalue weighted by Gasteiger charge is -2.30. The van der Waals surface area contributed by atoms with Crippen molar-refractivity contribution in [2.24, 2.45) is 4.99 Å². The summed E-state index contributed by atoms with van der Waals surface area (Å²) in [6.45, 7) is 17.5. The molecule has 0 spiro atoms. The number of carbonyl (C=O) groups excluding carboxylic acids is 1. The fourth-order valence-electron chi connectivity index (χ4n) is 3.54. The fraction of sp³-hybridized carbons (Fsp3) is 0.667. The van der Waals surface area contributed by atoms with Crippen molar-refractivity contribution in [3.05, 3.63) is 18.2 Å². The monoisotopic (exact) mass is 447 g/mol. The van der Waals surface area contributed by atoms with Gasteiger partial charge in [-0.05, 0) is 60.6 Å². The number of hydrogen-bond donors (Lipinski definition) is 3. The molecule has 2 rings (SSSR count). The number of fused-ring (bicyclic) bond motifs is 1. The van der Waals surface area contributed by atoms with E-state index in [1.807, 2.05) is 39.0 Å². The molecule has 0 unspecified atom stereocenters. The van der Waals surface area contributed by atoms with Gasteiger partial charge in [0.15, 0.2) is 17.5 Å².